The van der Waals surface area contributed by atoms with Crippen LogP contribution < -0.4 is 10.5 Å². The summed E-state index contributed by atoms with van der Waals surface area (Å²) in [6.07, 6.45) is 1.97. The molecule has 1 fully saturated rings. The minimum absolute atomic E-state index is 0.121. The molecule has 2 atom stereocenters. The second-order valence-electron chi connectivity index (χ2n) is 5.95. The van der Waals surface area contributed by atoms with Gasteiger partial charge in [-0.25, -0.2) is 0 Å². The molecule has 3 heteroatoms. The first-order valence-corrected chi connectivity index (χ1v) is 8.61. The van der Waals surface area contributed by atoms with E-state index in [0.717, 1.165) is 18.6 Å². The van der Waals surface area contributed by atoms with Gasteiger partial charge < -0.3 is 10.5 Å². The molecule has 0 spiro atoms. The van der Waals surface area contributed by atoms with Crippen molar-refractivity contribution in [1.82, 2.24) is 0 Å². The molecule has 2 nitrogen and oxygen atoms in total. The van der Waals surface area contributed by atoms with E-state index in [-0.39, 0.29) is 5.60 Å². The van der Waals surface area contributed by atoms with Crippen LogP contribution in [0.25, 0.3) is 10.8 Å². The van der Waals surface area contributed by atoms with Gasteiger partial charge in [0.1, 0.15) is 11.4 Å². The van der Waals surface area contributed by atoms with Crippen LogP contribution >= 0.6 is 11.3 Å². The van der Waals surface area contributed by atoms with E-state index < -0.39 is 0 Å². The number of nitrogens with two attached hydrogens (primary N) is 1. The molecule has 1 aromatic heterocycles. The Hall–Kier alpha value is -1.84. The molecule has 1 saturated carbocycles. The Labute approximate surface area is 134 Å². The fourth-order valence-electron chi connectivity index (χ4n) is 3.32. The number of fused-ring (bicyclic) bond motifs is 1. The van der Waals surface area contributed by atoms with Crippen molar-refractivity contribution in [3.8, 4) is 5.75 Å². The highest BCUT2D eigenvalue weighted by atomic mass is 32.1. The van der Waals surface area contributed by atoms with Gasteiger partial charge in [-0.3, -0.25) is 0 Å². The van der Waals surface area contributed by atoms with Crippen molar-refractivity contribution in [3.05, 3.63) is 64.9 Å². The predicted molar refractivity (Wildman–Crippen MR) is 92.7 cm³/mol. The fraction of sp³-hybridized carbons (Fsp3) is 0.263. The molecule has 22 heavy (non-hydrogen) atoms. The summed E-state index contributed by atoms with van der Waals surface area (Å²) < 4.78 is 6.53. The average molecular weight is 309 g/mol. The summed E-state index contributed by atoms with van der Waals surface area (Å²) in [4.78, 5) is 1.41. The third-order valence-electron chi connectivity index (χ3n) is 4.54. The van der Waals surface area contributed by atoms with E-state index >= 15 is 0 Å². The molecule has 0 bridgehead atoms. The molecule has 3 aromatic rings. The van der Waals surface area contributed by atoms with Crippen LogP contribution in [0.15, 0.2) is 60.0 Å². The van der Waals surface area contributed by atoms with Crippen LogP contribution in [0.5, 0.6) is 5.75 Å². The normalized spacial score (nSPS) is 23.6. The zero-order valence-corrected chi connectivity index (χ0v) is 13.2. The first-order valence-electron chi connectivity index (χ1n) is 7.73. The third kappa shape index (κ3) is 2.31. The molecule has 1 aliphatic rings. The number of benzene rings is 2. The van der Waals surface area contributed by atoms with Crippen LogP contribution in [-0.4, -0.2) is 12.1 Å². The van der Waals surface area contributed by atoms with E-state index in [9.17, 15) is 0 Å². The van der Waals surface area contributed by atoms with Gasteiger partial charge in [-0.2, -0.15) is 0 Å². The molecule has 0 saturated heterocycles. The maximum absolute atomic E-state index is 6.53. The van der Waals surface area contributed by atoms with Crippen LogP contribution in [0.2, 0.25) is 0 Å². The van der Waals surface area contributed by atoms with Gasteiger partial charge in [0.15, 0.2) is 0 Å². The van der Waals surface area contributed by atoms with Crippen molar-refractivity contribution in [3.63, 3.8) is 0 Å². The highest BCUT2D eigenvalue weighted by Crippen LogP contribution is 2.57. The van der Waals surface area contributed by atoms with Crippen LogP contribution in [0.3, 0.4) is 0 Å². The molecule has 0 aliphatic heterocycles. The van der Waals surface area contributed by atoms with Gasteiger partial charge in [0.2, 0.25) is 0 Å². The largest absolute Gasteiger partial charge is 0.486 e. The molecule has 0 unspecified atom stereocenters. The molecular formula is C19H19NOS. The number of rotatable bonds is 5. The lowest BCUT2D eigenvalue weighted by Gasteiger charge is -2.20. The van der Waals surface area contributed by atoms with Gasteiger partial charge in [0.05, 0.1) is 0 Å². The predicted octanol–water partition coefficient (Wildman–Crippen LogP) is 4.56. The van der Waals surface area contributed by atoms with E-state index in [1.807, 2.05) is 11.3 Å². The highest BCUT2D eigenvalue weighted by Gasteiger charge is 2.57. The Balaban J connectivity index is 1.68. The standard InChI is InChI=1S/C19H19NOS/c20-11-10-19(13-16(19)18-9-4-12-22-18)21-17-8-3-6-14-5-1-2-7-15(14)17/h1-9,12,16H,10-11,13,20H2/t16-,19+/m0/s1. The lowest BCUT2D eigenvalue weighted by Crippen LogP contribution is -2.24. The van der Waals surface area contributed by atoms with Gasteiger partial charge in [0.25, 0.3) is 0 Å². The topological polar surface area (TPSA) is 35.2 Å². The van der Waals surface area contributed by atoms with Crippen molar-refractivity contribution in [1.29, 1.82) is 0 Å². The molecule has 4 rings (SSSR count). The van der Waals surface area contributed by atoms with E-state index in [1.54, 1.807) is 0 Å². The SMILES string of the molecule is NCC[C@@]1(Oc2cccc3ccccc23)C[C@H]1c1cccs1. The Morgan fingerprint density at radius 2 is 1.95 bits per heavy atom. The minimum atomic E-state index is -0.121. The number of hydrogen-bond donors (Lipinski definition) is 1. The second-order valence-corrected chi connectivity index (χ2v) is 6.93. The van der Waals surface area contributed by atoms with Crippen molar-refractivity contribution in [2.24, 2.45) is 5.73 Å². The lowest BCUT2D eigenvalue weighted by molar-refractivity contribution is 0.166. The monoisotopic (exact) mass is 309 g/mol. The highest BCUT2D eigenvalue weighted by molar-refractivity contribution is 7.10. The summed E-state index contributed by atoms with van der Waals surface area (Å²) in [7, 11) is 0. The van der Waals surface area contributed by atoms with Gasteiger partial charge >= 0.3 is 0 Å². The summed E-state index contributed by atoms with van der Waals surface area (Å²) in [6, 6.07) is 19.0. The molecule has 1 heterocycles. The smallest absolute Gasteiger partial charge is 0.128 e. The maximum Gasteiger partial charge on any atom is 0.128 e. The van der Waals surface area contributed by atoms with E-state index in [4.69, 9.17) is 10.5 Å². The summed E-state index contributed by atoms with van der Waals surface area (Å²) in [5, 5.41) is 4.54. The Morgan fingerprint density at radius 3 is 2.77 bits per heavy atom. The Bertz CT molecular complexity index is 778. The van der Waals surface area contributed by atoms with Crippen molar-refractivity contribution >= 4 is 22.1 Å². The molecule has 2 aromatic carbocycles. The van der Waals surface area contributed by atoms with Crippen molar-refractivity contribution < 1.29 is 4.74 Å². The molecule has 1 aliphatic carbocycles. The van der Waals surface area contributed by atoms with Crippen molar-refractivity contribution in [2.75, 3.05) is 6.54 Å². The van der Waals surface area contributed by atoms with Crippen LogP contribution in [0.1, 0.15) is 23.6 Å². The van der Waals surface area contributed by atoms with Gasteiger partial charge in [-0.15, -0.1) is 11.3 Å². The number of hydrogen-bond acceptors (Lipinski definition) is 3. The lowest BCUT2D eigenvalue weighted by atomic mass is 10.1. The molecule has 0 radical (unpaired) electrons. The van der Waals surface area contributed by atoms with Crippen LogP contribution in [0.4, 0.5) is 0 Å². The second kappa shape index (κ2) is 5.41. The van der Waals surface area contributed by atoms with Gasteiger partial charge in [-0.05, 0) is 35.9 Å². The zero-order valence-electron chi connectivity index (χ0n) is 12.4. The van der Waals surface area contributed by atoms with E-state index in [2.05, 4.69) is 60.0 Å². The third-order valence-corrected chi connectivity index (χ3v) is 5.53. The molecule has 112 valence electrons. The first-order chi connectivity index (χ1) is 10.8. The summed E-state index contributed by atoms with van der Waals surface area (Å²) >= 11 is 1.82. The van der Waals surface area contributed by atoms with Gasteiger partial charge in [0, 0.05) is 22.6 Å². The molecular weight excluding hydrogens is 290 g/mol. The van der Waals surface area contributed by atoms with Crippen LogP contribution in [-0.2, 0) is 0 Å². The van der Waals surface area contributed by atoms with Gasteiger partial charge in [-0.1, -0.05) is 42.5 Å². The molecule has 0 amide bonds. The van der Waals surface area contributed by atoms with E-state index in [0.29, 0.717) is 12.5 Å². The quantitative estimate of drug-likeness (QED) is 0.750. The summed E-state index contributed by atoms with van der Waals surface area (Å²) in [5.74, 6) is 1.46. The van der Waals surface area contributed by atoms with Crippen LogP contribution in [0, 0.1) is 0 Å². The van der Waals surface area contributed by atoms with Crippen molar-refractivity contribution in [2.45, 2.75) is 24.4 Å². The molecule has 2 N–H and O–H groups in total. The summed E-state index contributed by atoms with van der Waals surface area (Å²) in [6.45, 7) is 0.659. The Kier molecular flexibility index (Phi) is 3.40. The first kappa shape index (κ1) is 13.8. The zero-order chi connectivity index (χ0) is 15.0. The minimum Gasteiger partial charge on any atom is -0.486 e. The summed E-state index contributed by atoms with van der Waals surface area (Å²) in [5.41, 5.74) is 5.74. The fourth-order valence-corrected chi connectivity index (χ4v) is 4.26. The number of ether oxygens (including phenoxy) is 1. The Morgan fingerprint density at radius 1 is 1.09 bits per heavy atom. The maximum atomic E-state index is 6.53. The average Bonchev–Trinajstić information content (AvgIpc) is 2.99. The van der Waals surface area contributed by atoms with E-state index in [1.165, 1.54) is 15.6 Å². The number of thiophene rings is 1.